The first-order chi connectivity index (χ1) is 17.0. The van der Waals surface area contributed by atoms with E-state index in [1.807, 2.05) is 24.3 Å². The van der Waals surface area contributed by atoms with Gasteiger partial charge in [-0.05, 0) is 35.6 Å². The summed E-state index contributed by atoms with van der Waals surface area (Å²) in [5.41, 5.74) is 1.21. The molecule has 9 nitrogen and oxygen atoms in total. The fourth-order valence-corrected chi connectivity index (χ4v) is 4.89. The predicted octanol–water partition coefficient (Wildman–Crippen LogP) is 3.02. The molecule has 3 heterocycles. The summed E-state index contributed by atoms with van der Waals surface area (Å²) in [6, 6.07) is 16.0. The second-order valence-electron chi connectivity index (χ2n) is 7.90. The first kappa shape index (κ1) is 22.6. The third-order valence-electron chi connectivity index (χ3n) is 5.85. The van der Waals surface area contributed by atoms with Gasteiger partial charge in [-0.15, -0.1) is 16.4 Å². The molecule has 3 aromatic heterocycles. The number of carbonyl (C=O) groups is 1. The zero-order chi connectivity index (χ0) is 24.5. The van der Waals surface area contributed by atoms with Gasteiger partial charge in [-0.1, -0.05) is 36.4 Å². The van der Waals surface area contributed by atoms with Crippen LogP contribution < -0.4 is 20.7 Å². The molecule has 0 saturated heterocycles. The molecule has 0 aliphatic carbocycles. The van der Waals surface area contributed by atoms with Crippen LogP contribution in [0, 0.1) is 0 Å². The van der Waals surface area contributed by atoms with E-state index in [-0.39, 0.29) is 30.2 Å². The molecule has 0 amide bonds. The van der Waals surface area contributed by atoms with Gasteiger partial charge in [0, 0.05) is 12.1 Å². The quantitative estimate of drug-likeness (QED) is 0.310. The van der Waals surface area contributed by atoms with Gasteiger partial charge >= 0.3 is 5.69 Å². The fourth-order valence-electron chi connectivity index (χ4n) is 4.07. The van der Waals surface area contributed by atoms with Gasteiger partial charge in [0.05, 0.1) is 19.7 Å². The lowest BCUT2D eigenvalue weighted by Gasteiger charge is -2.11. The Balaban J connectivity index is 1.56. The molecule has 0 aliphatic rings. The van der Waals surface area contributed by atoms with Crippen molar-refractivity contribution in [3.8, 4) is 11.5 Å². The van der Waals surface area contributed by atoms with Crippen molar-refractivity contribution in [2.24, 2.45) is 0 Å². The first-order valence-electron chi connectivity index (χ1n) is 10.9. The number of ketones is 1. The van der Waals surface area contributed by atoms with Crippen LogP contribution in [0.15, 0.2) is 69.6 Å². The number of ether oxygens (including phenoxy) is 2. The minimum atomic E-state index is -0.465. The highest BCUT2D eigenvalue weighted by molar-refractivity contribution is 7.17. The van der Waals surface area contributed by atoms with Crippen LogP contribution in [0.5, 0.6) is 11.5 Å². The molecule has 35 heavy (non-hydrogen) atoms. The van der Waals surface area contributed by atoms with E-state index in [9.17, 15) is 14.4 Å². The summed E-state index contributed by atoms with van der Waals surface area (Å²) in [6.45, 7) is 0.0643. The van der Waals surface area contributed by atoms with E-state index < -0.39 is 5.69 Å². The lowest BCUT2D eigenvalue weighted by Crippen LogP contribution is -2.27. The third kappa shape index (κ3) is 4.01. The Kier molecular flexibility index (Phi) is 5.96. The van der Waals surface area contributed by atoms with E-state index in [0.717, 1.165) is 10.2 Å². The van der Waals surface area contributed by atoms with Gasteiger partial charge in [-0.2, -0.15) is 0 Å². The minimum absolute atomic E-state index is 0.201. The van der Waals surface area contributed by atoms with Gasteiger partial charge in [0.25, 0.3) is 5.56 Å². The lowest BCUT2D eigenvalue weighted by molar-refractivity contribution is 0.0966. The standard InChI is InChI=1S/C25H22N4O5S/c1-33-20-9-8-16(14-21(20)34-2)10-12-27-23(31)22-18(11-13-35-22)29-24(27)26-28(25(29)32)15-19(30)17-6-4-3-5-7-17/h3-9,11,13-14H,10,12,15H2,1-2H3. The molecule has 10 heteroatoms. The number of Topliss-reactive ketones (excluding diaryl/α,β-unsaturated/α-hetero) is 1. The third-order valence-corrected chi connectivity index (χ3v) is 6.74. The Labute approximate surface area is 203 Å². The average Bonchev–Trinajstić information content (AvgIpc) is 3.49. The van der Waals surface area contributed by atoms with E-state index in [4.69, 9.17) is 9.47 Å². The number of hydrogen-bond acceptors (Lipinski definition) is 7. The summed E-state index contributed by atoms with van der Waals surface area (Å²) < 4.78 is 15.1. The maximum absolute atomic E-state index is 13.3. The van der Waals surface area contributed by atoms with E-state index in [1.54, 1.807) is 49.9 Å². The molecule has 0 bridgehead atoms. The molecule has 0 radical (unpaired) electrons. The molecule has 0 N–H and O–H groups in total. The van der Waals surface area contributed by atoms with Gasteiger partial charge in [0.15, 0.2) is 17.3 Å². The average molecular weight is 491 g/mol. The number of hydrogen-bond donors (Lipinski definition) is 0. The summed E-state index contributed by atoms with van der Waals surface area (Å²) in [5.74, 6) is 1.17. The molecule has 2 aromatic carbocycles. The van der Waals surface area contributed by atoms with Crippen molar-refractivity contribution < 1.29 is 14.3 Å². The van der Waals surface area contributed by atoms with Gasteiger partial charge < -0.3 is 9.47 Å². The molecule has 0 unspecified atom stereocenters. The van der Waals surface area contributed by atoms with Crippen LogP contribution in [-0.2, 0) is 19.5 Å². The summed E-state index contributed by atoms with van der Waals surface area (Å²) in [6.07, 6.45) is 0.497. The number of thiophene rings is 1. The summed E-state index contributed by atoms with van der Waals surface area (Å²) in [7, 11) is 3.14. The highest BCUT2D eigenvalue weighted by Gasteiger charge is 2.20. The van der Waals surface area contributed by atoms with Gasteiger partial charge in [0.1, 0.15) is 11.2 Å². The Bertz CT molecular complexity index is 1660. The molecule has 178 valence electrons. The highest BCUT2D eigenvalue weighted by Crippen LogP contribution is 2.28. The molecule has 5 aromatic rings. The Morgan fingerprint density at radius 2 is 1.77 bits per heavy atom. The molecule has 0 spiro atoms. The maximum atomic E-state index is 13.3. The van der Waals surface area contributed by atoms with Crippen LogP contribution in [0.2, 0.25) is 0 Å². The van der Waals surface area contributed by atoms with Gasteiger partial charge in [-0.3, -0.25) is 14.2 Å². The molecule has 0 atom stereocenters. The predicted molar refractivity (Wildman–Crippen MR) is 133 cm³/mol. The van der Waals surface area contributed by atoms with Crippen LogP contribution in [0.1, 0.15) is 15.9 Å². The van der Waals surface area contributed by atoms with Crippen LogP contribution in [0.3, 0.4) is 0 Å². The Morgan fingerprint density at radius 1 is 1.00 bits per heavy atom. The summed E-state index contributed by atoms with van der Waals surface area (Å²) >= 11 is 1.27. The molecule has 0 fully saturated rings. The zero-order valence-electron chi connectivity index (χ0n) is 19.1. The van der Waals surface area contributed by atoms with Crippen LogP contribution in [-0.4, -0.2) is 38.8 Å². The van der Waals surface area contributed by atoms with Gasteiger partial charge in [0.2, 0.25) is 5.78 Å². The number of aromatic nitrogens is 4. The Morgan fingerprint density at radius 3 is 2.51 bits per heavy atom. The normalized spacial score (nSPS) is 11.3. The van der Waals surface area contributed by atoms with E-state index in [1.165, 1.54) is 20.3 Å². The first-order valence-corrected chi connectivity index (χ1v) is 11.8. The van der Waals surface area contributed by atoms with Crippen LogP contribution in [0.4, 0.5) is 0 Å². The number of benzene rings is 2. The second kappa shape index (κ2) is 9.22. The summed E-state index contributed by atoms with van der Waals surface area (Å²) in [4.78, 5) is 39.3. The van der Waals surface area contributed by atoms with Crippen molar-refractivity contribution in [1.82, 2.24) is 18.7 Å². The molecular weight excluding hydrogens is 468 g/mol. The molecule has 0 aliphatic heterocycles. The number of rotatable bonds is 8. The van der Waals surface area contributed by atoms with Crippen molar-refractivity contribution in [3.63, 3.8) is 0 Å². The zero-order valence-corrected chi connectivity index (χ0v) is 19.9. The molecular formula is C25H22N4O5S. The maximum Gasteiger partial charge on any atom is 0.352 e. The van der Waals surface area contributed by atoms with Crippen molar-refractivity contribution >= 4 is 33.1 Å². The number of nitrogens with zero attached hydrogens (tertiary/aromatic N) is 4. The van der Waals surface area contributed by atoms with E-state index in [2.05, 4.69) is 5.10 Å². The highest BCUT2D eigenvalue weighted by atomic mass is 32.1. The number of carbonyl (C=O) groups excluding carboxylic acids is 1. The topological polar surface area (TPSA) is 96.8 Å². The molecule has 0 saturated carbocycles. The van der Waals surface area contributed by atoms with E-state index >= 15 is 0 Å². The number of methoxy groups -OCH3 is 2. The monoisotopic (exact) mass is 490 g/mol. The SMILES string of the molecule is COc1ccc(CCn2c(=O)c3sccc3n3c(=O)n(CC(=O)c4ccccc4)nc23)cc1OC. The smallest absolute Gasteiger partial charge is 0.352 e. The number of aryl methyl sites for hydroxylation is 2. The fraction of sp³-hybridized carbons (Fsp3) is 0.200. The number of fused-ring (bicyclic) bond motifs is 3. The minimum Gasteiger partial charge on any atom is -0.493 e. The second-order valence-corrected chi connectivity index (χ2v) is 8.81. The van der Waals surface area contributed by atoms with Crippen molar-refractivity contribution in [3.05, 3.63) is 91.9 Å². The summed E-state index contributed by atoms with van der Waals surface area (Å²) in [5, 5.41) is 6.18. The van der Waals surface area contributed by atoms with Crippen molar-refractivity contribution in [1.29, 1.82) is 0 Å². The van der Waals surface area contributed by atoms with Crippen molar-refractivity contribution in [2.45, 2.75) is 19.5 Å². The molecule has 5 rings (SSSR count). The van der Waals surface area contributed by atoms with E-state index in [0.29, 0.717) is 33.7 Å². The Hall–Kier alpha value is -4.18. The lowest BCUT2D eigenvalue weighted by atomic mass is 10.1. The van der Waals surface area contributed by atoms with Crippen LogP contribution in [0.25, 0.3) is 16.0 Å². The van der Waals surface area contributed by atoms with Crippen molar-refractivity contribution in [2.75, 3.05) is 14.2 Å². The van der Waals surface area contributed by atoms with Crippen LogP contribution >= 0.6 is 11.3 Å². The largest absolute Gasteiger partial charge is 0.493 e. The van der Waals surface area contributed by atoms with Gasteiger partial charge in [-0.25, -0.2) is 13.9 Å².